The van der Waals surface area contributed by atoms with Gasteiger partial charge in [0.2, 0.25) is 0 Å². The molecule has 0 spiro atoms. The molecule has 0 fully saturated rings. The predicted octanol–water partition coefficient (Wildman–Crippen LogP) is 3.90. The van der Waals surface area contributed by atoms with Crippen LogP contribution in [-0.4, -0.2) is 28.8 Å². The summed E-state index contributed by atoms with van der Waals surface area (Å²) in [6.45, 7) is 7.19. The summed E-state index contributed by atoms with van der Waals surface area (Å²) in [7, 11) is 0. The first-order chi connectivity index (χ1) is 11.4. The highest BCUT2D eigenvalue weighted by Crippen LogP contribution is 2.28. The smallest absolute Gasteiger partial charge is 0.404 e. The van der Waals surface area contributed by atoms with Gasteiger partial charge in [0.25, 0.3) is 0 Å². The molecule has 2 unspecified atom stereocenters. The monoisotopic (exact) mass is 333 g/mol. The predicted molar refractivity (Wildman–Crippen MR) is 96.2 cm³/mol. The number of pyridine rings is 1. The molecule has 1 aromatic rings. The second-order valence-electron chi connectivity index (χ2n) is 7.81. The number of nitrogens with zero attached hydrogens (tertiary/aromatic N) is 1. The van der Waals surface area contributed by atoms with Gasteiger partial charge in [0.05, 0.1) is 5.69 Å². The second-order valence-corrected chi connectivity index (χ2v) is 7.81. The van der Waals surface area contributed by atoms with Crippen LogP contribution in [0, 0.1) is 5.41 Å². The summed E-state index contributed by atoms with van der Waals surface area (Å²) >= 11 is 0. The highest BCUT2D eigenvalue weighted by atomic mass is 16.4. The quantitative estimate of drug-likeness (QED) is 0.662. The van der Waals surface area contributed by atoms with E-state index in [1.165, 1.54) is 17.7 Å². The van der Waals surface area contributed by atoms with Crippen LogP contribution in [0.3, 0.4) is 0 Å². The minimum atomic E-state index is -0.932. The lowest BCUT2D eigenvalue weighted by Gasteiger charge is -2.30. The Morgan fingerprint density at radius 1 is 1.42 bits per heavy atom. The third-order valence-electron chi connectivity index (χ3n) is 4.85. The van der Waals surface area contributed by atoms with Gasteiger partial charge < -0.3 is 15.7 Å². The fourth-order valence-electron chi connectivity index (χ4n) is 3.43. The summed E-state index contributed by atoms with van der Waals surface area (Å²) < 4.78 is 0. The minimum Gasteiger partial charge on any atom is -0.465 e. The highest BCUT2D eigenvalue weighted by Gasteiger charge is 2.25. The van der Waals surface area contributed by atoms with Crippen LogP contribution in [0.15, 0.2) is 18.3 Å². The number of hydrogen-bond acceptors (Lipinski definition) is 3. The van der Waals surface area contributed by atoms with Gasteiger partial charge in [-0.05, 0) is 55.7 Å². The van der Waals surface area contributed by atoms with Crippen molar-refractivity contribution < 1.29 is 9.90 Å². The lowest BCUT2D eigenvalue weighted by Crippen LogP contribution is -2.43. The molecule has 1 heterocycles. The lowest BCUT2D eigenvalue weighted by molar-refractivity contribution is 0.171. The van der Waals surface area contributed by atoms with Gasteiger partial charge in [0, 0.05) is 18.3 Å². The first-order valence-corrected chi connectivity index (χ1v) is 9.04. The van der Waals surface area contributed by atoms with Gasteiger partial charge in [-0.15, -0.1) is 0 Å². The maximum Gasteiger partial charge on any atom is 0.404 e. The van der Waals surface area contributed by atoms with E-state index >= 15 is 0 Å². The van der Waals surface area contributed by atoms with E-state index in [4.69, 9.17) is 5.11 Å². The Balaban J connectivity index is 1.74. The molecule has 1 aromatic heterocycles. The Labute approximate surface area is 145 Å². The molecule has 0 radical (unpaired) electrons. The van der Waals surface area contributed by atoms with Gasteiger partial charge in [0.15, 0.2) is 0 Å². The van der Waals surface area contributed by atoms with Crippen molar-refractivity contribution in [2.24, 2.45) is 5.41 Å². The molecule has 5 nitrogen and oxygen atoms in total. The molecule has 2 atom stereocenters. The number of aryl methyl sites for hydroxylation is 1. The number of unbranched alkanes of at least 4 members (excludes halogenated alkanes) is 1. The van der Waals surface area contributed by atoms with E-state index < -0.39 is 6.09 Å². The SMILES string of the molecule is CC(C)(C)C(CCCCNC1CCCc2cccnc21)NC(=O)O. The standard InChI is InChI=1S/C19H31N3O2/c1-19(2,3)16(22-18(23)24)11-4-5-12-20-15-10-6-8-14-9-7-13-21-17(14)15/h7,9,13,15-16,20,22H,4-6,8,10-12H2,1-3H3,(H,23,24). The van der Waals surface area contributed by atoms with Crippen molar-refractivity contribution in [3.05, 3.63) is 29.6 Å². The molecular formula is C19H31N3O2. The van der Waals surface area contributed by atoms with Crippen molar-refractivity contribution in [3.63, 3.8) is 0 Å². The number of aromatic nitrogens is 1. The summed E-state index contributed by atoms with van der Waals surface area (Å²) in [5.41, 5.74) is 2.53. The average molecular weight is 333 g/mol. The van der Waals surface area contributed by atoms with Crippen molar-refractivity contribution in [2.75, 3.05) is 6.54 Å². The fraction of sp³-hybridized carbons (Fsp3) is 0.684. The largest absolute Gasteiger partial charge is 0.465 e. The zero-order valence-electron chi connectivity index (χ0n) is 15.1. The average Bonchev–Trinajstić information content (AvgIpc) is 2.52. The van der Waals surface area contributed by atoms with E-state index in [2.05, 4.69) is 42.5 Å². The van der Waals surface area contributed by atoms with Crippen molar-refractivity contribution in [1.82, 2.24) is 15.6 Å². The molecule has 0 saturated carbocycles. The second kappa shape index (κ2) is 8.47. The van der Waals surface area contributed by atoms with Crippen LogP contribution in [0.1, 0.15) is 70.2 Å². The van der Waals surface area contributed by atoms with E-state index in [0.29, 0.717) is 6.04 Å². The Kier molecular flexibility index (Phi) is 6.60. The third-order valence-corrected chi connectivity index (χ3v) is 4.85. The molecule has 1 aliphatic rings. The number of rotatable bonds is 7. The molecule has 24 heavy (non-hydrogen) atoms. The normalized spacial score (nSPS) is 18.7. The van der Waals surface area contributed by atoms with Crippen LogP contribution in [0.2, 0.25) is 0 Å². The number of amides is 1. The van der Waals surface area contributed by atoms with Crippen LogP contribution in [0.5, 0.6) is 0 Å². The summed E-state index contributed by atoms with van der Waals surface area (Å²) in [6.07, 6.45) is 7.37. The molecule has 0 aromatic carbocycles. The van der Waals surface area contributed by atoms with E-state index in [1.54, 1.807) is 0 Å². The van der Waals surface area contributed by atoms with Crippen LogP contribution >= 0.6 is 0 Å². The zero-order chi connectivity index (χ0) is 17.6. The molecule has 0 saturated heterocycles. The molecule has 1 aliphatic carbocycles. The van der Waals surface area contributed by atoms with E-state index in [-0.39, 0.29) is 11.5 Å². The van der Waals surface area contributed by atoms with E-state index in [0.717, 1.165) is 38.6 Å². The Morgan fingerprint density at radius 3 is 2.92 bits per heavy atom. The first-order valence-electron chi connectivity index (χ1n) is 9.04. The summed E-state index contributed by atoms with van der Waals surface area (Å²) in [5.74, 6) is 0. The zero-order valence-corrected chi connectivity index (χ0v) is 15.1. The first kappa shape index (κ1) is 18.7. The number of nitrogens with one attached hydrogen (secondary N) is 2. The molecule has 134 valence electrons. The van der Waals surface area contributed by atoms with Gasteiger partial charge in [0.1, 0.15) is 0 Å². The summed E-state index contributed by atoms with van der Waals surface area (Å²) in [5, 5.41) is 15.3. The van der Waals surface area contributed by atoms with Crippen molar-refractivity contribution in [2.45, 2.75) is 71.4 Å². The molecule has 0 bridgehead atoms. The molecule has 0 aliphatic heterocycles. The van der Waals surface area contributed by atoms with Crippen LogP contribution in [-0.2, 0) is 6.42 Å². The van der Waals surface area contributed by atoms with Gasteiger partial charge >= 0.3 is 6.09 Å². The topological polar surface area (TPSA) is 74.2 Å². The third kappa shape index (κ3) is 5.48. The van der Waals surface area contributed by atoms with E-state index in [9.17, 15) is 4.79 Å². The molecule has 1 amide bonds. The van der Waals surface area contributed by atoms with Crippen LogP contribution < -0.4 is 10.6 Å². The van der Waals surface area contributed by atoms with E-state index in [1.807, 2.05) is 12.3 Å². The van der Waals surface area contributed by atoms with Gasteiger partial charge in [-0.1, -0.05) is 33.3 Å². The van der Waals surface area contributed by atoms with Gasteiger partial charge in [-0.2, -0.15) is 0 Å². The minimum absolute atomic E-state index is 0.00734. The Hall–Kier alpha value is -1.62. The maximum absolute atomic E-state index is 10.9. The van der Waals surface area contributed by atoms with Crippen molar-refractivity contribution in [1.29, 1.82) is 0 Å². The lowest BCUT2D eigenvalue weighted by atomic mass is 9.84. The fourth-order valence-corrected chi connectivity index (χ4v) is 3.43. The Morgan fingerprint density at radius 2 is 2.21 bits per heavy atom. The van der Waals surface area contributed by atoms with Crippen LogP contribution in [0.25, 0.3) is 0 Å². The maximum atomic E-state index is 10.9. The summed E-state index contributed by atoms with van der Waals surface area (Å²) in [4.78, 5) is 15.5. The summed E-state index contributed by atoms with van der Waals surface area (Å²) in [6, 6.07) is 4.56. The van der Waals surface area contributed by atoms with Crippen LogP contribution in [0.4, 0.5) is 4.79 Å². The number of carboxylic acid groups (broad SMARTS) is 1. The highest BCUT2D eigenvalue weighted by molar-refractivity contribution is 5.64. The van der Waals surface area contributed by atoms with Gasteiger partial charge in [-0.25, -0.2) is 4.79 Å². The Bertz CT molecular complexity index is 540. The van der Waals surface area contributed by atoms with Crippen molar-refractivity contribution >= 4 is 6.09 Å². The number of hydrogen-bond donors (Lipinski definition) is 3. The van der Waals surface area contributed by atoms with Gasteiger partial charge in [-0.3, -0.25) is 4.98 Å². The molecule has 2 rings (SSSR count). The molecular weight excluding hydrogens is 302 g/mol. The molecule has 3 N–H and O–H groups in total. The number of carbonyl (C=O) groups is 1. The van der Waals surface area contributed by atoms with Crippen molar-refractivity contribution in [3.8, 4) is 0 Å². The molecule has 5 heteroatoms. The number of fused-ring (bicyclic) bond motifs is 1.